The van der Waals surface area contributed by atoms with Crippen molar-refractivity contribution >= 4 is 5.91 Å². The molecule has 1 saturated heterocycles. The first-order chi connectivity index (χ1) is 11.5. The molecule has 0 saturated carbocycles. The van der Waals surface area contributed by atoms with E-state index < -0.39 is 0 Å². The lowest BCUT2D eigenvalue weighted by Crippen LogP contribution is -2.45. The summed E-state index contributed by atoms with van der Waals surface area (Å²) in [6, 6.07) is 8.19. The highest BCUT2D eigenvalue weighted by Crippen LogP contribution is 2.23. The Labute approximate surface area is 143 Å². The molecular weight excluding hydrogens is 300 g/mol. The fraction of sp³-hybridized carbons (Fsp3) is 0.474. The van der Waals surface area contributed by atoms with Crippen molar-refractivity contribution in [3.63, 3.8) is 0 Å². The van der Waals surface area contributed by atoms with E-state index in [1.165, 1.54) is 0 Å². The summed E-state index contributed by atoms with van der Waals surface area (Å²) in [7, 11) is 0. The van der Waals surface area contributed by atoms with Crippen molar-refractivity contribution in [1.29, 1.82) is 0 Å². The molecule has 2 heterocycles. The van der Waals surface area contributed by atoms with Crippen LogP contribution in [0.15, 0.2) is 30.5 Å². The van der Waals surface area contributed by atoms with E-state index in [0.29, 0.717) is 11.5 Å². The lowest BCUT2D eigenvalue weighted by atomic mass is 9.92. The van der Waals surface area contributed by atoms with Gasteiger partial charge in [-0.25, -0.2) is 4.68 Å². The van der Waals surface area contributed by atoms with Gasteiger partial charge in [0.15, 0.2) is 0 Å². The minimum atomic E-state index is 0.0673. The van der Waals surface area contributed by atoms with Crippen LogP contribution in [0.4, 0.5) is 0 Å². The fourth-order valence-electron chi connectivity index (χ4n) is 3.46. The molecule has 1 aliphatic heterocycles. The molecule has 5 heteroatoms. The van der Waals surface area contributed by atoms with Crippen molar-refractivity contribution in [2.24, 2.45) is 11.7 Å². The maximum absolute atomic E-state index is 13.0. The van der Waals surface area contributed by atoms with Gasteiger partial charge in [0.25, 0.3) is 5.91 Å². The second-order valence-corrected chi connectivity index (χ2v) is 6.85. The van der Waals surface area contributed by atoms with Crippen LogP contribution in [0, 0.1) is 19.8 Å². The normalized spacial score (nSPS) is 19.3. The Morgan fingerprint density at radius 3 is 2.79 bits per heavy atom. The van der Waals surface area contributed by atoms with E-state index in [1.54, 1.807) is 6.20 Å². The summed E-state index contributed by atoms with van der Waals surface area (Å²) >= 11 is 0. The van der Waals surface area contributed by atoms with Gasteiger partial charge in [-0.3, -0.25) is 4.79 Å². The molecule has 1 aliphatic rings. The van der Waals surface area contributed by atoms with Gasteiger partial charge >= 0.3 is 0 Å². The first kappa shape index (κ1) is 16.7. The molecule has 3 rings (SSSR count). The van der Waals surface area contributed by atoms with Crippen LogP contribution in [0.1, 0.15) is 41.4 Å². The van der Waals surface area contributed by atoms with E-state index in [0.717, 1.165) is 42.9 Å². The summed E-state index contributed by atoms with van der Waals surface area (Å²) in [5, 5.41) is 4.46. The van der Waals surface area contributed by atoms with Gasteiger partial charge in [0.1, 0.15) is 0 Å². The first-order valence-corrected chi connectivity index (χ1v) is 8.64. The Kier molecular flexibility index (Phi) is 4.71. The predicted octanol–water partition coefficient (Wildman–Crippen LogP) is 2.69. The van der Waals surface area contributed by atoms with Crippen molar-refractivity contribution < 1.29 is 4.79 Å². The first-order valence-electron chi connectivity index (χ1n) is 8.64. The highest BCUT2D eigenvalue weighted by molar-refractivity contribution is 5.95. The highest BCUT2D eigenvalue weighted by atomic mass is 16.2. The fourth-order valence-corrected chi connectivity index (χ4v) is 3.46. The molecule has 1 fully saturated rings. The third kappa shape index (κ3) is 3.08. The number of amides is 1. The zero-order chi connectivity index (χ0) is 17.3. The van der Waals surface area contributed by atoms with E-state index in [4.69, 9.17) is 5.73 Å². The number of nitrogens with zero attached hydrogens (tertiary/aromatic N) is 3. The maximum Gasteiger partial charge on any atom is 0.257 e. The number of likely N-dealkylation sites (tertiary alicyclic amines) is 1. The van der Waals surface area contributed by atoms with E-state index in [1.807, 2.05) is 41.6 Å². The molecule has 2 atom stereocenters. The summed E-state index contributed by atoms with van der Waals surface area (Å²) in [6.45, 7) is 7.58. The van der Waals surface area contributed by atoms with E-state index >= 15 is 0 Å². The lowest BCUT2D eigenvalue weighted by molar-refractivity contribution is 0.0660. The molecule has 2 aromatic rings. The van der Waals surface area contributed by atoms with Gasteiger partial charge < -0.3 is 10.6 Å². The Bertz CT molecular complexity index is 735. The van der Waals surface area contributed by atoms with Gasteiger partial charge in [-0.2, -0.15) is 5.10 Å². The van der Waals surface area contributed by atoms with Crippen molar-refractivity contribution in [3.8, 4) is 5.69 Å². The topological polar surface area (TPSA) is 64.2 Å². The Hall–Kier alpha value is -2.14. The summed E-state index contributed by atoms with van der Waals surface area (Å²) in [4.78, 5) is 14.9. The van der Waals surface area contributed by atoms with Crippen LogP contribution in [0.2, 0.25) is 0 Å². The molecule has 128 valence electrons. The number of carbonyl (C=O) groups is 1. The zero-order valence-corrected chi connectivity index (χ0v) is 14.7. The Balaban J connectivity index is 1.86. The van der Waals surface area contributed by atoms with Gasteiger partial charge in [0.2, 0.25) is 0 Å². The zero-order valence-electron chi connectivity index (χ0n) is 14.7. The molecule has 5 nitrogen and oxygen atoms in total. The average molecular weight is 326 g/mol. The third-order valence-corrected chi connectivity index (χ3v) is 5.07. The summed E-state index contributed by atoms with van der Waals surface area (Å²) in [6.07, 6.45) is 3.81. The number of carbonyl (C=O) groups excluding carboxylic acids is 1. The molecule has 1 aromatic heterocycles. The average Bonchev–Trinajstić information content (AvgIpc) is 2.96. The molecule has 0 spiro atoms. The Morgan fingerprint density at radius 2 is 2.08 bits per heavy atom. The van der Waals surface area contributed by atoms with Crippen molar-refractivity contribution in [3.05, 3.63) is 47.3 Å². The molecule has 0 unspecified atom stereocenters. The van der Waals surface area contributed by atoms with E-state index in [2.05, 4.69) is 18.1 Å². The maximum atomic E-state index is 13.0. The SMILES string of the molecule is Cc1ccccc1-n1ncc(C(=O)N2CCC[C@H]([C@@H](C)N)C2)c1C. The standard InChI is InChI=1S/C19H26N4O/c1-13-7-4-5-9-18(13)23-15(3)17(11-21-23)19(24)22-10-6-8-16(12-22)14(2)20/h4-5,7,9,11,14,16H,6,8,10,12,20H2,1-3H3/t14-,16+/m1/s1. The molecule has 1 amide bonds. The van der Waals surface area contributed by atoms with Crippen LogP contribution in [-0.4, -0.2) is 39.7 Å². The quantitative estimate of drug-likeness (QED) is 0.943. The molecule has 0 aliphatic carbocycles. The molecule has 24 heavy (non-hydrogen) atoms. The van der Waals surface area contributed by atoms with E-state index in [-0.39, 0.29) is 11.9 Å². The smallest absolute Gasteiger partial charge is 0.257 e. The minimum Gasteiger partial charge on any atom is -0.338 e. The van der Waals surface area contributed by atoms with Crippen LogP contribution < -0.4 is 5.73 Å². The van der Waals surface area contributed by atoms with Crippen LogP contribution in [0.3, 0.4) is 0 Å². The predicted molar refractivity (Wildman–Crippen MR) is 95.3 cm³/mol. The molecule has 0 bridgehead atoms. The number of hydrogen-bond acceptors (Lipinski definition) is 3. The number of nitrogens with two attached hydrogens (primary N) is 1. The number of rotatable bonds is 3. The Morgan fingerprint density at radius 1 is 1.33 bits per heavy atom. The largest absolute Gasteiger partial charge is 0.338 e. The summed E-state index contributed by atoms with van der Waals surface area (Å²) in [5.41, 5.74) is 9.76. The highest BCUT2D eigenvalue weighted by Gasteiger charge is 2.28. The van der Waals surface area contributed by atoms with Gasteiger partial charge in [-0.15, -0.1) is 0 Å². The van der Waals surface area contributed by atoms with Crippen LogP contribution >= 0.6 is 0 Å². The molecule has 1 aromatic carbocycles. The van der Waals surface area contributed by atoms with Crippen molar-refractivity contribution in [1.82, 2.24) is 14.7 Å². The number of aryl methyl sites for hydroxylation is 1. The minimum absolute atomic E-state index is 0.0673. The second kappa shape index (κ2) is 6.77. The molecule has 2 N–H and O–H groups in total. The lowest BCUT2D eigenvalue weighted by Gasteiger charge is -2.34. The van der Waals surface area contributed by atoms with E-state index in [9.17, 15) is 4.79 Å². The third-order valence-electron chi connectivity index (χ3n) is 5.07. The van der Waals surface area contributed by atoms with Gasteiger partial charge in [0.05, 0.1) is 23.1 Å². The van der Waals surface area contributed by atoms with Crippen molar-refractivity contribution in [2.75, 3.05) is 13.1 Å². The number of piperidine rings is 1. The van der Waals surface area contributed by atoms with Gasteiger partial charge in [0, 0.05) is 19.1 Å². The molecular formula is C19H26N4O. The number of aromatic nitrogens is 2. The van der Waals surface area contributed by atoms with Crippen LogP contribution in [0.25, 0.3) is 5.69 Å². The summed E-state index contributed by atoms with van der Waals surface area (Å²) in [5.74, 6) is 0.451. The molecule has 0 radical (unpaired) electrons. The number of para-hydroxylation sites is 1. The number of benzene rings is 1. The second-order valence-electron chi connectivity index (χ2n) is 6.85. The van der Waals surface area contributed by atoms with Gasteiger partial charge in [-0.1, -0.05) is 18.2 Å². The number of hydrogen-bond donors (Lipinski definition) is 1. The van der Waals surface area contributed by atoms with Crippen LogP contribution in [-0.2, 0) is 0 Å². The van der Waals surface area contributed by atoms with Crippen LogP contribution in [0.5, 0.6) is 0 Å². The monoisotopic (exact) mass is 326 g/mol. The van der Waals surface area contributed by atoms with Crippen molar-refractivity contribution in [2.45, 2.75) is 39.7 Å². The van der Waals surface area contributed by atoms with Gasteiger partial charge in [-0.05, 0) is 51.2 Å². The summed E-state index contributed by atoms with van der Waals surface area (Å²) < 4.78 is 1.86.